The lowest BCUT2D eigenvalue weighted by molar-refractivity contribution is -0.130. The first kappa shape index (κ1) is 17.8. The van der Waals surface area contributed by atoms with Crippen molar-refractivity contribution < 1.29 is 14.3 Å². The van der Waals surface area contributed by atoms with Crippen molar-refractivity contribution in [2.75, 3.05) is 19.7 Å². The second-order valence-corrected chi connectivity index (χ2v) is 6.45. The Morgan fingerprint density at radius 3 is 2.70 bits per heavy atom. The molecule has 1 aliphatic heterocycles. The van der Waals surface area contributed by atoms with Crippen molar-refractivity contribution in [1.82, 2.24) is 10.2 Å². The summed E-state index contributed by atoms with van der Waals surface area (Å²) in [6.45, 7) is 5.79. The molecule has 1 N–H and O–H groups in total. The molecule has 6 heteroatoms. The number of likely N-dealkylation sites (tertiary alicyclic amines) is 1. The van der Waals surface area contributed by atoms with Crippen LogP contribution in [0.4, 0.5) is 0 Å². The zero-order valence-electron chi connectivity index (χ0n) is 13.5. The number of halogens is 1. The number of hydrogen-bond donors (Lipinski definition) is 1. The standard InChI is InChI=1S/C17H23ClN2O3/c1-12(2)20-10-14(9-16(20)21)17(22)19-7-8-23-11-13-3-5-15(18)6-4-13/h3-6,12,14H,7-11H2,1-2H3,(H,19,22)/t14-/m1/s1. The van der Waals surface area contributed by atoms with E-state index >= 15 is 0 Å². The lowest BCUT2D eigenvalue weighted by atomic mass is 10.1. The second-order valence-electron chi connectivity index (χ2n) is 6.01. The number of carbonyl (C=O) groups excluding carboxylic acids is 2. The number of amides is 2. The highest BCUT2D eigenvalue weighted by Crippen LogP contribution is 2.20. The lowest BCUT2D eigenvalue weighted by Crippen LogP contribution is -2.36. The van der Waals surface area contributed by atoms with Crippen LogP contribution in [0, 0.1) is 5.92 Å². The van der Waals surface area contributed by atoms with Gasteiger partial charge in [0.1, 0.15) is 0 Å². The van der Waals surface area contributed by atoms with Crippen molar-refractivity contribution in [2.45, 2.75) is 32.9 Å². The van der Waals surface area contributed by atoms with Crippen LogP contribution < -0.4 is 5.32 Å². The van der Waals surface area contributed by atoms with E-state index < -0.39 is 0 Å². The zero-order valence-corrected chi connectivity index (χ0v) is 14.3. The Bertz CT molecular complexity index is 545. The summed E-state index contributed by atoms with van der Waals surface area (Å²) in [6.07, 6.45) is 0.301. The Labute approximate surface area is 141 Å². The minimum Gasteiger partial charge on any atom is -0.375 e. The SMILES string of the molecule is CC(C)N1C[C@H](C(=O)NCCOCc2ccc(Cl)cc2)CC1=O. The third-order valence-electron chi connectivity index (χ3n) is 3.88. The molecular formula is C17H23ClN2O3. The van der Waals surface area contributed by atoms with Gasteiger partial charge in [-0.1, -0.05) is 23.7 Å². The van der Waals surface area contributed by atoms with Crippen LogP contribution in [-0.4, -0.2) is 42.5 Å². The van der Waals surface area contributed by atoms with Crippen molar-refractivity contribution in [3.63, 3.8) is 0 Å². The van der Waals surface area contributed by atoms with Crippen LogP contribution in [0.15, 0.2) is 24.3 Å². The van der Waals surface area contributed by atoms with Crippen LogP contribution in [0.2, 0.25) is 5.02 Å². The van der Waals surface area contributed by atoms with Crippen molar-refractivity contribution in [2.24, 2.45) is 5.92 Å². The highest BCUT2D eigenvalue weighted by molar-refractivity contribution is 6.30. The number of carbonyl (C=O) groups is 2. The van der Waals surface area contributed by atoms with Crippen LogP contribution in [0.1, 0.15) is 25.8 Å². The van der Waals surface area contributed by atoms with Crippen LogP contribution in [-0.2, 0) is 20.9 Å². The topological polar surface area (TPSA) is 58.6 Å². The molecule has 0 unspecified atom stereocenters. The molecule has 0 bridgehead atoms. The van der Waals surface area contributed by atoms with E-state index in [1.807, 2.05) is 38.1 Å². The molecule has 126 valence electrons. The first-order chi connectivity index (χ1) is 11.0. The molecule has 1 saturated heterocycles. The van der Waals surface area contributed by atoms with Gasteiger partial charge >= 0.3 is 0 Å². The summed E-state index contributed by atoms with van der Waals surface area (Å²) >= 11 is 5.82. The van der Waals surface area contributed by atoms with Gasteiger partial charge in [0.2, 0.25) is 11.8 Å². The normalized spacial score (nSPS) is 17.8. The van der Waals surface area contributed by atoms with Gasteiger partial charge in [-0.05, 0) is 31.5 Å². The van der Waals surface area contributed by atoms with Crippen molar-refractivity contribution in [3.05, 3.63) is 34.9 Å². The van der Waals surface area contributed by atoms with E-state index in [1.165, 1.54) is 0 Å². The Hall–Kier alpha value is -1.59. The van der Waals surface area contributed by atoms with Gasteiger partial charge in [0.25, 0.3) is 0 Å². The molecule has 5 nitrogen and oxygen atoms in total. The molecule has 0 aromatic heterocycles. The molecule has 1 aromatic rings. The smallest absolute Gasteiger partial charge is 0.225 e. The molecule has 2 rings (SSSR count). The highest BCUT2D eigenvalue weighted by Gasteiger charge is 2.35. The van der Waals surface area contributed by atoms with Crippen LogP contribution in [0.25, 0.3) is 0 Å². The van der Waals surface area contributed by atoms with Crippen LogP contribution in [0.3, 0.4) is 0 Å². The molecule has 2 amide bonds. The highest BCUT2D eigenvalue weighted by atomic mass is 35.5. The van der Waals surface area contributed by atoms with E-state index in [9.17, 15) is 9.59 Å². The number of ether oxygens (including phenoxy) is 1. The van der Waals surface area contributed by atoms with E-state index in [0.717, 1.165) is 5.56 Å². The molecule has 23 heavy (non-hydrogen) atoms. The maximum Gasteiger partial charge on any atom is 0.225 e. The summed E-state index contributed by atoms with van der Waals surface area (Å²) in [6, 6.07) is 7.60. The van der Waals surface area contributed by atoms with E-state index in [-0.39, 0.29) is 23.8 Å². The number of rotatable bonds is 7. The quantitative estimate of drug-likeness (QED) is 0.776. The maximum atomic E-state index is 12.1. The van der Waals surface area contributed by atoms with Crippen molar-refractivity contribution in [1.29, 1.82) is 0 Å². The van der Waals surface area contributed by atoms with E-state index in [0.29, 0.717) is 37.7 Å². The first-order valence-corrected chi connectivity index (χ1v) is 8.24. The Balaban J connectivity index is 1.63. The number of nitrogens with zero attached hydrogens (tertiary/aromatic N) is 1. The van der Waals surface area contributed by atoms with E-state index in [4.69, 9.17) is 16.3 Å². The molecule has 0 saturated carbocycles. The average Bonchev–Trinajstić information content (AvgIpc) is 2.91. The Morgan fingerprint density at radius 1 is 1.39 bits per heavy atom. The molecule has 1 aromatic carbocycles. The molecule has 1 atom stereocenters. The van der Waals surface area contributed by atoms with Gasteiger partial charge in [-0.25, -0.2) is 0 Å². The largest absolute Gasteiger partial charge is 0.375 e. The summed E-state index contributed by atoms with van der Waals surface area (Å²) in [5.74, 6) is -0.267. The number of benzene rings is 1. The van der Waals surface area contributed by atoms with Gasteiger partial charge in [0, 0.05) is 30.6 Å². The fourth-order valence-corrected chi connectivity index (χ4v) is 2.69. The van der Waals surface area contributed by atoms with Crippen molar-refractivity contribution in [3.8, 4) is 0 Å². The lowest BCUT2D eigenvalue weighted by Gasteiger charge is -2.20. The zero-order chi connectivity index (χ0) is 16.8. The fraction of sp³-hybridized carbons (Fsp3) is 0.529. The predicted molar refractivity (Wildman–Crippen MR) is 89.1 cm³/mol. The van der Waals surface area contributed by atoms with E-state index in [1.54, 1.807) is 4.90 Å². The first-order valence-electron chi connectivity index (χ1n) is 7.86. The minimum absolute atomic E-state index is 0.0548. The molecule has 0 spiro atoms. The fourth-order valence-electron chi connectivity index (χ4n) is 2.57. The van der Waals surface area contributed by atoms with Gasteiger partial charge in [-0.15, -0.1) is 0 Å². The molecule has 1 aliphatic rings. The molecule has 0 aliphatic carbocycles. The van der Waals surface area contributed by atoms with E-state index in [2.05, 4.69) is 5.32 Å². The summed E-state index contributed by atoms with van der Waals surface area (Å²) in [5.41, 5.74) is 1.04. The van der Waals surface area contributed by atoms with Crippen LogP contribution in [0.5, 0.6) is 0 Å². The summed E-state index contributed by atoms with van der Waals surface area (Å²) in [4.78, 5) is 25.6. The van der Waals surface area contributed by atoms with Gasteiger partial charge < -0.3 is 15.0 Å². The summed E-state index contributed by atoms with van der Waals surface area (Å²) in [5, 5.41) is 3.53. The number of nitrogens with one attached hydrogen (secondary N) is 1. The molecule has 0 radical (unpaired) electrons. The number of hydrogen-bond acceptors (Lipinski definition) is 3. The van der Waals surface area contributed by atoms with Gasteiger partial charge in [-0.2, -0.15) is 0 Å². The summed E-state index contributed by atoms with van der Waals surface area (Å²) in [7, 11) is 0. The predicted octanol–water partition coefficient (Wildman–Crippen LogP) is 2.23. The average molecular weight is 339 g/mol. The molecular weight excluding hydrogens is 316 g/mol. The van der Waals surface area contributed by atoms with Gasteiger partial charge in [0.15, 0.2) is 0 Å². The third-order valence-corrected chi connectivity index (χ3v) is 4.13. The maximum absolute atomic E-state index is 12.1. The van der Waals surface area contributed by atoms with Gasteiger partial charge in [-0.3, -0.25) is 9.59 Å². The molecule has 1 heterocycles. The Morgan fingerprint density at radius 2 is 2.09 bits per heavy atom. The third kappa shape index (κ3) is 5.22. The second kappa shape index (κ2) is 8.31. The molecule has 1 fully saturated rings. The van der Waals surface area contributed by atoms with Crippen LogP contribution >= 0.6 is 11.6 Å². The monoisotopic (exact) mass is 338 g/mol. The summed E-state index contributed by atoms with van der Waals surface area (Å²) < 4.78 is 5.52. The Kier molecular flexibility index (Phi) is 6.42. The minimum atomic E-state index is -0.249. The van der Waals surface area contributed by atoms with Crippen molar-refractivity contribution >= 4 is 23.4 Å². The van der Waals surface area contributed by atoms with Gasteiger partial charge in [0.05, 0.1) is 19.1 Å².